The SMILES string of the molecule is CC(C)(C)OC(=O)NCCC#Cc1cnn(C(C)(C)C)c1. The first kappa shape index (κ1) is 17.1. The van der Waals surface area contributed by atoms with Gasteiger partial charge in [-0.25, -0.2) is 4.79 Å². The van der Waals surface area contributed by atoms with Crippen molar-refractivity contribution in [3.63, 3.8) is 0 Å². The molecule has 21 heavy (non-hydrogen) atoms. The van der Waals surface area contributed by atoms with E-state index in [0.29, 0.717) is 13.0 Å². The van der Waals surface area contributed by atoms with Gasteiger partial charge in [0.1, 0.15) is 5.60 Å². The van der Waals surface area contributed by atoms with Gasteiger partial charge in [0.2, 0.25) is 0 Å². The van der Waals surface area contributed by atoms with Crippen LogP contribution in [-0.4, -0.2) is 28.0 Å². The summed E-state index contributed by atoms with van der Waals surface area (Å²) in [5, 5.41) is 6.95. The van der Waals surface area contributed by atoms with Crippen LogP contribution in [0, 0.1) is 11.8 Å². The number of carbonyl (C=O) groups excluding carboxylic acids is 1. The van der Waals surface area contributed by atoms with Crippen molar-refractivity contribution < 1.29 is 9.53 Å². The number of carbonyl (C=O) groups is 1. The Morgan fingerprint density at radius 3 is 2.52 bits per heavy atom. The molecule has 0 aliphatic heterocycles. The summed E-state index contributed by atoms with van der Waals surface area (Å²) in [7, 11) is 0. The number of ether oxygens (including phenoxy) is 1. The third kappa shape index (κ3) is 6.84. The van der Waals surface area contributed by atoms with Crippen molar-refractivity contribution in [2.75, 3.05) is 6.54 Å². The summed E-state index contributed by atoms with van der Waals surface area (Å²) < 4.78 is 7.02. The molecule has 116 valence electrons. The highest BCUT2D eigenvalue weighted by Gasteiger charge is 2.15. The van der Waals surface area contributed by atoms with Gasteiger partial charge in [0.05, 0.1) is 17.3 Å². The standard InChI is InChI=1S/C16H25N3O2/c1-15(2,3)19-12-13(11-18-19)9-7-8-10-17-14(20)21-16(4,5)6/h11-12H,8,10H2,1-6H3,(H,17,20). The second-order valence-corrected chi connectivity index (χ2v) is 6.82. The zero-order valence-electron chi connectivity index (χ0n) is 13.8. The Hall–Kier alpha value is -1.96. The van der Waals surface area contributed by atoms with Crippen molar-refractivity contribution in [1.29, 1.82) is 0 Å². The summed E-state index contributed by atoms with van der Waals surface area (Å²) in [4.78, 5) is 11.4. The van der Waals surface area contributed by atoms with Gasteiger partial charge < -0.3 is 10.1 Å². The van der Waals surface area contributed by atoms with Gasteiger partial charge in [-0.2, -0.15) is 5.10 Å². The van der Waals surface area contributed by atoms with E-state index in [1.807, 2.05) is 31.6 Å². The Kier molecular flexibility index (Phi) is 5.42. The number of rotatable bonds is 2. The monoisotopic (exact) mass is 291 g/mol. The van der Waals surface area contributed by atoms with Gasteiger partial charge >= 0.3 is 6.09 Å². The molecule has 1 rings (SSSR count). The molecule has 1 heterocycles. The van der Waals surface area contributed by atoms with E-state index in [2.05, 4.69) is 43.0 Å². The Bertz CT molecular complexity index is 536. The minimum atomic E-state index is -0.475. The largest absolute Gasteiger partial charge is 0.444 e. The Morgan fingerprint density at radius 1 is 1.33 bits per heavy atom. The third-order valence-corrected chi connectivity index (χ3v) is 2.42. The normalized spacial score (nSPS) is 11.5. The van der Waals surface area contributed by atoms with E-state index in [1.165, 1.54) is 0 Å². The first-order valence-corrected chi connectivity index (χ1v) is 7.09. The van der Waals surface area contributed by atoms with Crippen LogP contribution in [0.25, 0.3) is 0 Å². The van der Waals surface area contributed by atoms with E-state index in [9.17, 15) is 4.79 Å². The molecule has 1 amide bonds. The van der Waals surface area contributed by atoms with E-state index >= 15 is 0 Å². The average molecular weight is 291 g/mol. The lowest BCUT2D eigenvalue weighted by molar-refractivity contribution is 0.0529. The van der Waals surface area contributed by atoms with Crippen molar-refractivity contribution in [3.8, 4) is 11.8 Å². The highest BCUT2D eigenvalue weighted by molar-refractivity contribution is 5.67. The van der Waals surface area contributed by atoms with Crippen LogP contribution in [0.1, 0.15) is 53.5 Å². The third-order valence-electron chi connectivity index (χ3n) is 2.42. The summed E-state index contributed by atoms with van der Waals surface area (Å²) in [5.41, 5.74) is 0.359. The van der Waals surface area contributed by atoms with Crippen molar-refractivity contribution in [3.05, 3.63) is 18.0 Å². The molecule has 0 fully saturated rings. The molecule has 0 aliphatic carbocycles. The summed E-state index contributed by atoms with van der Waals surface area (Å²) in [6, 6.07) is 0. The molecule has 0 aliphatic rings. The van der Waals surface area contributed by atoms with Crippen LogP contribution in [0.3, 0.4) is 0 Å². The Morgan fingerprint density at radius 2 is 2.00 bits per heavy atom. The minimum Gasteiger partial charge on any atom is -0.444 e. The molecule has 1 aromatic heterocycles. The highest BCUT2D eigenvalue weighted by atomic mass is 16.6. The fourth-order valence-electron chi connectivity index (χ4n) is 1.46. The molecule has 0 unspecified atom stereocenters. The van der Waals surface area contributed by atoms with E-state index in [4.69, 9.17) is 4.74 Å². The average Bonchev–Trinajstić information content (AvgIpc) is 2.74. The van der Waals surface area contributed by atoms with Crippen molar-refractivity contribution in [1.82, 2.24) is 15.1 Å². The fourth-order valence-corrected chi connectivity index (χ4v) is 1.46. The Balaban J connectivity index is 2.37. The van der Waals surface area contributed by atoms with Crippen LogP contribution < -0.4 is 5.32 Å². The van der Waals surface area contributed by atoms with Gasteiger partial charge in [-0.1, -0.05) is 11.8 Å². The summed E-state index contributed by atoms with van der Waals surface area (Å²) in [6.45, 7) is 12.2. The van der Waals surface area contributed by atoms with Crippen molar-refractivity contribution in [2.24, 2.45) is 0 Å². The Labute approximate surface area is 127 Å². The summed E-state index contributed by atoms with van der Waals surface area (Å²) >= 11 is 0. The van der Waals surface area contributed by atoms with Crippen LogP contribution in [0.5, 0.6) is 0 Å². The molecule has 0 aromatic carbocycles. The second kappa shape index (κ2) is 6.66. The first-order chi connectivity index (χ1) is 9.58. The lowest BCUT2D eigenvalue weighted by atomic mass is 10.1. The predicted molar refractivity (Wildman–Crippen MR) is 83.0 cm³/mol. The molecular weight excluding hydrogens is 266 g/mol. The topological polar surface area (TPSA) is 56.1 Å². The minimum absolute atomic E-state index is 0.0435. The van der Waals surface area contributed by atoms with E-state index in [-0.39, 0.29) is 5.54 Å². The van der Waals surface area contributed by atoms with Crippen LogP contribution in [0.15, 0.2) is 12.4 Å². The number of hydrogen-bond donors (Lipinski definition) is 1. The van der Waals surface area contributed by atoms with Crippen LogP contribution >= 0.6 is 0 Å². The smallest absolute Gasteiger partial charge is 0.407 e. The van der Waals surface area contributed by atoms with Crippen LogP contribution in [0.4, 0.5) is 4.79 Å². The molecule has 1 N–H and O–H groups in total. The number of nitrogens with one attached hydrogen (secondary N) is 1. The van der Waals surface area contributed by atoms with E-state index in [0.717, 1.165) is 5.56 Å². The maximum atomic E-state index is 11.4. The van der Waals surface area contributed by atoms with Crippen LogP contribution in [0.2, 0.25) is 0 Å². The molecule has 5 heteroatoms. The van der Waals surface area contributed by atoms with Gasteiger partial charge in [0.25, 0.3) is 0 Å². The molecule has 5 nitrogen and oxygen atoms in total. The van der Waals surface area contributed by atoms with E-state index < -0.39 is 11.7 Å². The zero-order chi connectivity index (χ0) is 16.1. The molecule has 0 saturated carbocycles. The number of aromatic nitrogens is 2. The van der Waals surface area contributed by atoms with Crippen molar-refractivity contribution in [2.45, 2.75) is 59.1 Å². The van der Waals surface area contributed by atoms with Crippen molar-refractivity contribution >= 4 is 6.09 Å². The van der Waals surface area contributed by atoms with Gasteiger partial charge in [0.15, 0.2) is 0 Å². The fraction of sp³-hybridized carbons (Fsp3) is 0.625. The highest BCUT2D eigenvalue weighted by Crippen LogP contribution is 2.12. The molecule has 0 saturated heterocycles. The van der Waals surface area contributed by atoms with Gasteiger partial charge in [0, 0.05) is 19.2 Å². The number of amides is 1. The molecule has 0 spiro atoms. The van der Waals surface area contributed by atoms with Gasteiger partial charge in [-0.05, 0) is 41.5 Å². The summed E-state index contributed by atoms with van der Waals surface area (Å²) in [6.07, 6.45) is 3.83. The number of hydrogen-bond acceptors (Lipinski definition) is 3. The number of nitrogens with zero attached hydrogens (tertiary/aromatic N) is 2. The molecule has 1 aromatic rings. The van der Waals surface area contributed by atoms with Gasteiger partial charge in [-0.3, -0.25) is 4.68 Å². The molecule has 0 radical (unpaired) electrons. The maximum Gasteiger partial charge on any atom is 0.407 e. The maximum absolute atomic E-state index is 11.4. The quantitative estimate of drug-likeness (QED) is 0.673. The lowest BCUT2D eigenvalue weighted by Gasteiger charge is -2.19. The summed E-state index contributed by atoms with van der Waals surface area (Å²) in [5.74, 6) is 6.04. The molecular formula is C16H25N3O2. The lowest BCUT2D eigenvalue weighted by Crippen LogP contribution is -2.32. The van der Waals surface area contributed by atoms with E-state index in [1.54, 1.807) is 6.20 Å². The molecule has 0 atom stereocenters. The second-order valence-electron chi connectivity index (χ2n) is 6.82. The van der Waals surface area contributed by atoms with Gasteiger partial charge in [-0.15, -0.1) is 0 Å². The zero-order valence-corrected chi connectivity index (χ0v) is 13.8. The van der Waals surface area contributed by atoms with Crippen LogP contribution in [-0.2, 0) is 10.3 Å². The predicted octanol–water partition coefficient (Wildman–Crippen LogP) is 2.90. The molecule has 0 bridgehead atoms. The first-order valence-electron chi connectivity index (χ1n) is 7.09. The number of alkyl carbamates (subject to hydrolysis) is 1.